The summed E-state index contributed by atoms with van der Waals surface area (Å²) in [6.07, 6.45) is -0.277. The van der Waals surface area contributed by atoms with Gasteiger partial charge in [-0.1, -0.05) is 0 Å². The highest BCUT2D eigenvalue weighted by Gasteiger charge is 2.17. The molecule has 3 aromatic rings. The second-order valence-electron chi connectivity index (χ2n) is 5.34. The lowest BCUT2D eigenvalue weighted by atomic mass is 10.3. The molecule has 0 fully saturated rings. The molecule has 2 aromatic heterocycles. The largest absolute Gasteiger partial charge is 0.459 e. The quantitative estimate of drug-likeness (QED) is 0.435. The number of thiophene rings is 1. The van der Waals surface area contributed by atoms with E-state index in [-0.39, 0.29) is 17.9 Å². The van der Waals surface area contributed by atoms with E-state index in [0.29, 0.717) is 5.69 Å². The van der Waals surface area contributed by atoms with Gasteiger partial charge in [0, 0.05) is 16.3 Å². The second kappa shape index (κ2) is 8.07. The zero-order chi connectivity index (χ0) is 18.6. The predicted octanol–water partition coefficient (Wildman–Crippen LogP) is 3.92. The number of halogens is 1. The van der Waals surface area contributed by atoms with Gasteiger partial charge in [-0.2, -0.15) is 11.3 Å². The van der Waals surface area contributed by atoms with Crippen molar-refractivity contribution in [3.05, 3.63) is 58.0 Å². The molecule has 0 aliphatic rings. The van der Waals surface area contributed by atoms with E-state index < -0.39 is 27.4 Å². The lowest BCUT2D eigenvalue weighted by Crippen LogP contribution is -2.13. The van der Waals surface area contributed by atoms with Gasteiger partial charge in [-0.05, 0) is 35.7 Å². The molecule has 26 heavy (non-hydrogen) atoms. The number of nitrogens with zero attached hydrogens (tertiary/aromatic N) is 1. The highest BCUT2D eigenvalue weighted by Crippen LogP contribution is 2.26. The van der Waals surface area contributed by atoms with Crippen LogP contribution in [0.15, 0.2) is 51.4 Å². The summed E-state index contributed by atoms with van der Waals surface area (Å²) in [5.74, 6) is -1.54. The molecule has 0 atom stereocenters. The average molecular weight is 412 g/mol. The van der Waals surface area contributed by atoms with Gasteiger partial charge in [-0.3, -0.25) is 4.79 Å². The molecule has 2 heterocycles. The van der Waals surface area contributed by atoms with Gasteiger partial charge >= 0.3 is 5.97 Å². The Kier molecular flexibility index (Phi) is 5.80. The summed E-state index contributed by atoms with van der Waals surface area (Å²) in [4.78, 5) is 16.2. The summed E-state index contributed by atoms with van der Waals surface area (Å²) in [6, 6.07) is 6.45. The van der Waals surface area contributed by atoms with Crippen molar-refractivity contribution in [2.75, 3.05) is 5.75 Å². The van der Waals surface area contributed by atoms with Crippen molar-refractivity contribution >= 4 is 38.5 Å². The second-order valence-corrected chi connectivity index (χ2v) is 9.09. The van der Waals surface area contributed by atoms with Crippen molar-refractivity contribution in [3.8, 4) is 10.6 Å². The number of hydrogen-bond donors (Lipinski definition) is 0. The Bertz CT molecular complexity index is 979. The molecular weight excluding hydrogens is 397 g/mol. The number of benzene rings is 1. The van der Waals surface area contributed by atoms with Crippen molar-refractivity contribution in [3.63, 3.8) is 0 Å². The fourth-order valence-electron chi connectivity index (χ4n) is 2.10. The van der Waals surface area contributed by atoms with Gasteiger partial charge in [0.25, 0.3) is 0 Å². The first-order chi connectivity index (χ1) is 12.4. The minimum Gasteiger partial charge on any atom is -0.459 e. The lowest BCUT2D eigenvalue weighted by molar-refractivity contribution is -0.144. The number of rotatable bonds is 7. The molecule has 5 nitrogen and oxygen atoms in total. The Morgan fingerprint density at radius 3 is 2.62 bits per heavy atom. The summed E-state index contributed by atoms with van der Waals surface area (Å²) in [5, 5.41) is 6.58. The van der Waals surface area contributed by atoms with Crippen LogP contribution in [-0.2, 0) is 26.0 Å². The van der Waals surface area contributed by atoms with Crippen molar-refractivity contribution in [1.29, 1.82) is 0 Å². The molecule has 0 spiro atoms. The van der Waals surface area contributed by atoms with Gasteiger partial charge < -0.3 is 4.74 Å². The first-order valence-corrected chi connectivity index (χ1v) is 11.0. The summed E-state index contributed by atoms with van der Waals surface area (Å²) in [6.45, 7) is -0.00390. The van der Waals surface area contributed by atoms with Gasteiger partial charge in [0.05, 0.1) is 22.8 Å². The van der Waals surface area contributed by atoms with E-state index in [4.69, 9.17) is 4.74 Å². The first kappa shape index (κ1) is 18.7. The zero-order valence-corrected chi connectivity index (χ0v) is 15.9. The Hall–Kier alpha value is -2.10. The van der Waals surface area contributed by atoms with Gasteiger partial charge in [0.2, 0.25) is 0 Å². The third-order valence-electron chi connectivity index (χ3n) is 3.45. The molecule has 136 valence electrons. The van der Waals surface area contributed by atoms with Crippen LogP contribution < -0.4 is 0 Å². The molecule has 0 aliphatic carbocycles. The molecule has 0 bridgehead atoms. The average Bonchev–Trinajstić information content (AvgIpc) is 3.30. The lowest BCUT2D eigenvalue weighted by Gasteiger charge is -2.05. The minimum absolute atomic E-state index is 0.00390. The van der Waals surface area contributed by atoms with Crippen LogP contribution in [0.3, 0.4) is 0 Å². The Morgan fingerprint density at radius 2 is 1.92 bits per heavy atom. The first-order valence-electron chi connectivity index (χ1n) is 7.55. The van der Waals surface area contributed by atoms with Crippen molar-refractivity contribution in [2.24, 2.45) is 0 Å². The predicted molar refractivity (Wildman–Crippen MR) is 98.3 cm³/mol. The molecule has 0 saturated heterocycles. The number of thiazole rings is 1. The van der Waals surface area contributed by atoms with Gasteiger partial charge in [-0.15, -0.1) is 11.3 Å². The molecule has 0 N–H and O–H groups in total. The van der Waals surface area contributed by atoms with Crippen LogP contribution in [0.4, 0.5) is 4.39 Å². The maximum Gasteiger partial charge on any atom is 0.307 e. The monoisotopic (exact) mass is 411 g/mol. The Balaban J connectivity index is 1.51. The van der Waals surface area contributed by atoms with Crippen LogP contribution in [0.25, 0.3) is 10.6 Å². The molecule has 9 heteroatoms. The normalized spacial score (nSPS) is 11.4. The van der Waals surface area contributed by atoms with Gasteiger partial charge in [-0.25, -0.2) is 17.8 Å². The van der Waals surface area contributed by atoms with Crippen LogP contribution >= 0.6 is 22.7 Å². The fraction of sp³-hybridized carbons (Fsp3) is 0.176. The Labute approximate surface area is 158 Å². The SMILES string of the molecule is O=C(CCS(=O)(=O)c1ccc(F)cc1)OCc1csc(-c2ccsc2)n1. The standard InChI is InChI=1S/C17H14FNO4S3/c18-13-1-3-15(4-2-13)26(21,22)8-6-16(20)23-9-14-11-25-17(19-14)12-5-7-24-10-12/h1-5,7,10-11H,6,8-9H2. The van der Waals surface area contributed by atoms with Gasteiger partial charge in [0.1, 0.15) is 17.4 Å². The third kappa shape index (κ3) is 4.75. The van der Waals surface area contributed by atoms with E-state index in [9.17, 15) is 17.6 Å². The van der Waals surface area contributed by atoms with Crippen molar-refractivity contribution in [2.45, 2.75) is 17.9 Å². The van der Waals surface area contributed by atoms with Crippen LogP contribution in [-0.4, -0.2) is 25.1 Å². The number of aromatic nitrogens is 1. The third-order valence-corrected chi connectivity index (χ3v) is 6.80. The number of esters is 1. The van der Waals surface area contributed by atoms with E-state index in [1.165, 1.54) is 23.5 Å². The van der Waals surface area contributed by atoms with Crippen LogP contribution in [0.2, 0.25) is 0 Å². The Morgan fingerprint density at radius 1 is 1.15 bits per heavy atom. The van der Waals surface area contributed by atoms with Crippen LogP contribution in [0.1, 0.15) is 12.1 Å². The van der Waals surface area contributed by atoms with E-state index in [0.717, 1.165) is 22.7 Å². The summed E-state index contributed by atoms with van der Waals surface area (Å²) in [5.41, 5.74) is 1.63. The molecule has 0 aliphatic heterocycles. The molecule has 0 unspecified atom stereocenters. The summed E-state index contributed by atoms with van der Waals surface area (Å²) < 4.78 is 42.2. The fourth-order valence-corrected chi connectivity index (χ4v) is 4.83. The topological polar surface area (TPSA) is 73.3 Å². The number of carbonyl (C=O) groups is 1. The number of sulfone groups is 1. The maximum absolute atomic E-state index is 12.9. The molecule has 0 amide bonds. The highest BCUT2D eigenvalue weighted by molar-refractivity contribution is 7.91. The van der Waals surface area contributed by atoms with E-state index in [1.54, 1.807) is 16.7 Å². The van der Waals surface area contributed by atoms with E-state index in [1.807, 2.05) is 16.8 Å². The smallest absolute Gasteiger partial charge is 0.307 e. The maximum atomic E-state index is 12.9. The summed E-state index contributed by atoms with van der Waals surface area (Å²) >= 11 is 3.03. The van der Waals surface area contributed by atoms with Crippen molar-refractivity contribution < 1.29 is 22.3 Å². The minimum atomic E-state index is -3.66. The summed E-state index contributed by atoms with van der Waals surface area (Å²) in [7, 11) is -3.66. The molecule has 0 radical (unpaired) electrons. The van der Waals surface area contributed by atoms with Gasteiger partial charge in [0.15, 0.2) is 9.84 Å². The zero-order valence-electron chi connectivity index (χ0n) is 13.4. The highest BCUT2D eigenvalue weighted by atomic mass is 32.2. The molecule has 3 rings (SSSR count). The molecule has 0 saturated carbocycles. The van der Waals surface area contributed by atoms with E-state index in [2.05, 4.69) is 4.98 Å². The van der Waals surface area contributed by atoms with Crippen molar-refractivity contribution in [1.82, 2.24) is 4.98 Å². The molecule has 1 aromatic carbocycles. The van der Waals surface area contributed by atoms with Crippen LogP contribution in [0, 0.1) is 5.82 Å². The van der Waals surface area contributed by atoms with E-state index >= 15 is 0 Å². The van der Waals surface area contributed by atoms with Crippen LogP contribution in [0.5, 0.6) is 0 Å². The molecular formula is C17H14FNO4S3. The number of hydrogen-bond acceptors (Lipinski definition) is 7. The number of ether oxygens (including phenoxy) is 1. The number of carbonyl (C=O) groups excluding carboxylic acids is 1.